The molecule has 8 nitrogen and oxygen atoms in total. The molecule has 0 saturated carbocycles. The molecule has 2 unspecified atom stereocenters. The van der Waals surface area contributed by atoms with Crippen molar-refractivity contribution in [3.05, 3.63) is 29.1 Å². The molecule has 1 aromatic rings. The molecule has 188 valence electrons. The number of nitrogens with zero attached hydrogens (tertiary/aromatic N) is 2. The van der Waals surface area contributed by atoms with Gasteiger partial charge >= 0.3 is 0 Å². The standard InChI is InChI=1S/C22H40N2O6SSi2/c1-17(32(4,5)6)28-15-23-12-10-11-19-13-20(14-30-31(3,26)27)24(21(19)22(23)25)16-29-18(2)33(7,8)9/h10-11,13,17-18H,12,14-16H2,1-9H3. The van der Waals surface area contributed by atoms with Gasteiger partial charge in [0.1, 0.15) is 25.8 Å². The number of carbonyl (C=O) groups is 1. The Hall–Kier alpha value is -1.25. The van der Waals surface area contributed by atoms with E-state index < -0.39 is 26.3 Å². The normalized spacial score (nSPS) is 17.1. The molecule has 0 radical (unpaired) electrons. The molecule has 1 amide bonds. The van der Waals surface area contributed by atoms with Gasteiger partial charge in [-0.2, -0.15) is 8.42 Å². The SMILES string of the molecule is CC(OCN1CC=Cc2cc(COS(C)(=O)=O)n(COC(C)[Si](C)(C)C)c2C1=O)[Si](C)(C)C. The van der Waals surface area contributed by atoms with E-state index in [1.165, 1.54) is 0 Å². The van der Waals surface area contributed by atoms with Crippen LogP contribution in [-0.2, 0) is 37.1 Å². The second kappa shape index (κ2) is 10.6. The van der Waals surface area contributed by atoms with Crippen LogP contribution in [0.2, 0.25) is 39.3 Å². The molecule has 1 aromatic heterocycles. The molecule has 33 heavy (non-hydrogen) atoms. The van der Waals surface area contributed by atoms with Gasteiger partial charge in [0.2, 0.25) is 0 Å². The third-order valence-electron chi connectivity index (χ3n) is 6.12. The van der Waals surface area contributed by atoms with Crippen LogP contribution in [0.3, 0.4) is 0 Å². The van der Waals surface area contributed by atoms with Gasteiger partial charge in [-0.1, -0.05) is 51.4 Å². The van der Waals surface area contributed by atoms with Gasteiger partial charge in [0.05, 0.1) is 22.4 Å². The van der Waals surface area contributed by atoms with Gasteiger partial charge in [-0.05, 0) is 19.9 Å². The van der Waals surface area contributed by atoms with E-state index in [2.05, 4.69) is 46.2 Å². The van der Waals surface area contributed by atoms with Gasteiger partial charge in [0.25, 0.3) is 16.0 Å². The summed E-state index contributed by atoms with van der Waals surface area (Å²) in [6, 6.07) is 1.80. The Labute approximate surface area is 201 Å². The van der Waals surface area contributed by atoms with Crippen LogP contribution < -0.4 is 0 Å². The third-order valence-corrected chi connectivity index (χ3v) is 11.9. The number of carbonyl (C=O) groups excluding carboxylic acids is 1. The number of ether oxygens (including phenoxy) is 2. The average Bonchev–Trinajstić information content (AvgIpc) is 2.93. The smallest absolute Gasteiger partial charge is 0.273 e. The lowest BCUT2D eigenvalue weighted by molar-refractivity contribution is 0.0157. The van der Waals surface area contributed by atoms with E-state index in [1.807, 2.05) is 19.1 Å². The van der Waals surface area contributed by atoms with Crippen molar-refractivity contribution < 1.29 is 26.9 Å². The predicted molar refractivity (Wildman–Crippen MR) is 137 cm³/mol. The predicted octanol–water partition coefficient (Wildman–Crippen LogP) is 3.91. The first-order chi connectivity index (χ1) is 15.0. The fraction of sp³-hybridized carbons (Fsp3) is 0.682. The maximum absolute atomic E-state index is 13.6. The van der Waals surface area contributed by atoms with Crippen molar-refractivity contribution in [2.75, 3.05) is 19.5 Å². The molecule has 0 bridgehead atoms. The number of aromatic nitrogens is 1. The fourth-order valence-electron chi connectivity index (χ4n) is 2.96. The Kier molecular flexibility index (Phi) is 8.97. The molecule has 2 rings (SSSR count). The number of amides is 1. The lowest BCUT2D eigenvalue weighted by atomic mass is 10.2. The van der Waals surface area contributed by atoms with Crippen LogP contribution in [0.15, 0.2) is 12.1 Å². The summed E-state index contributed by atoms with van der Waals surface area (Å²) in [5.74, 6) is -0.173. The lowest BCUT2D eigenvalue weighted by Gasteiger charge is -2.29. The van der Waals surface area contributed by atoms with Crippen LogP contribution in [0.4, 0.5) is 0 Å². The molecule has 0 aliphatic carbocycles. The average molecular weight is 517 g/mol. The van der Waals surface area contributed by atoms with E-state index in [9.17, 15) is 13.2 Å². The molecule has 0 fully saturated rings. The Balaban J connectivity index is 2.36. The highest BCUT2D eigenvalue weighted by Crippen LogP contribution is 2.25. The fourth-order valence-corrected chi connectivity index (χ4v) is 4.45. The van der Waals surface area contributed by atoms with Crippen LogP contribution in [0.5, 0.6) is 0 Å². The van der Waals surface area contributed by atoms with Crippen molar-refractivity contribution in [2.24, 2.45) is 0 Å². The molecular weight excluding hydrogens is 476 g/mol. The van der Waals surface area contributed by atoms with Gasteiger partial charge in [-0.15, -0.1) is 0 Å². The van der Waals surface area contributed by atoms with E-state index >= 15 is 0 Å². The Bertz CT molecular complexity index is 976. The van der Waals surface area contributed by atoms with Crippen molar-refractivity contribution >= 4 is 38.2 Å². The van der Waals surface area contributed by atoms with E-state index in [-0.39, 0.29) is 37.4 Å². The van der Waals surface area contributed by atoms with E-state index in [0.717, 1.165) is 11.8 Å². The highest BCUT2D eigenvalue weighted by atomic mass is 32.2. The summed E-state index contributed by atoms with van der Waals surface area (Å²) in [7, 11) is -6.71. The number of hydrogen-bond donors (Lipinski definition) is 0. The summed E-state index contributed by atoms with van der Waals surface area (Å²) in [4.78, 5) is 15.2. The molecule has 2 heterocycles. The van der Waals surface area contributed by atoms with Crippen molar-refractivity contribution in [1.82, 2.24) is 9.47 Å². The highest BCUT2D eigenvalue weighted by Gasteiger charge is 2.30. The summed E-state index contributed by atoms with van der Waals surface area (Å²) in [5.41, 5.74) is 1.90. The zero-order valence-corrected chi connectivity index (χ0v) is 24.3. The topological polar surface area (TPSA) is 87.1 Å². The Morgan fingerprint density at radius 3 is 2.06 bits per heavy atom. The van der Waals surface area contributed by atoms with Gasteiger partial charge in [-0.25, -0.2) is 0 Å². The highest BCUT2D eigenvalue weighted by molar-refractivity contribution is 7.85. The molecule has 0 aromatic carbocycles. The zero-order valence-electron chi connectivity index (χ0n) is 21.5. The number of fused-ring (bicyclic) bond motifs is 1. The Morgan fingerprint density at radius 2 is 1.55 bits per heavy atom. The van der Waals surface area contributed by atoms with E-state index in [0.29, 0.717) is 17.9 Å². The number of rotatable bonds is 11. The summed E-state index contributed by atoms with van der Waals surface area (Å²) in [5, 5.41) is 0. The Morgan fingerprint density at radius 1 is 1.00 bits per heavy atom. The van der Waals surface area contributed by atoms with Crippen LogP contribution in [-0.4, -0.2) is 70.9 Å². The quantitative estimate of drug-likeness (QED) is 0.327. The summed E-state index contributed by atoms with van der Waals surface area (Å²) in [6.45, 7) is 18.1. The third kappa shape index (κ3) is 7.89. The second-order valence-electron chi connectivity index (χ2n) is 10.9. The van der Waals surface area contributed by atoms with E-state index in [1.54, 1.807) is 15.5 Å². The molecule has 0 spiro atoms. The lowest BCUT2D eigenvalue weighted by Crippen LogP contribution is -2.43. The molecule has 11 heteroatoms. The van der Waals surface area contributed by atoms with Crippen molar-refractivity contribution in [1.29, 1.82) is 0 Å². The van der Waals surface area contributed by atoms with Gasteiger partial charge in [0.15, 0.2) is 0 Å². The van der Waals surface area contributed by atoms with Crippen molar-refractivity contribution in [2.45, 2.75) is 77.9 Å². The monoisotopic (exact) mass is 516 g/mol. The summed E-state index contributed by atoms with van der Waals surface area (Å²) >= 11 is 0. The van der Waals surface area contributed by atoms with Crippen LogP contribution in [0, 0.1) is 0 Å². The first-order valence-corrected chi connectivity index (χ1v) is 20.2. The molecule has 0 saturated heterocycles. The molecular formula is C22H40N2O6SSi2. The van der Waals surface area contributed by atoms with Crippen LogP contribution >= 0.6 is 0 Å². The van der Waals surface area contributed by atoms with Gasteiger partial charge in [-0.3, -0.25) is 8.98 Å². The second-order valence-corrected chi connectivity index (χ2v) is 23.6. The van der Waals surface area contributed by atoms with Crippen LogP contribution in [0.1, 0.15) is 35.6 Å². The zero-order chi connectivity index (χ0) is 25.2. The van der Waals surface area contributed by atoms with Gasteiger partial charge in [0, 0.05) is 29.3 Å². The minimum absolute atomic E-state index is 0.0488. The van der Waals surface area contributed by atoms with Gasteiger partial charge < -0.3 is 18.9 Å². The minimum Gasteiger partial charge on any atom is -0.361 e. The molecule has 0 N–H and O–H groups in total. The van der Waals surface area contributed by atoms with Crippen molar-refractivity contribution in [3.8, 4) is 0 Å². The maximum atomic E-state index is 13.6. The largest absolute Gasteiger partial charge is 0.361 e. The summed E-state index contributed by atoms with van der Waals surface area (Å²) < 4.78 is 42.2. The molecule has 1 aliphatic heterocycles. The first-order valence-electron chi connectivity index (χ1n) is 11.3. The molecule has 1 aliphatic rings. The first kappa shape index (κ1) is 28.0. The van der Waals surface area contributed by atoms with Crippen molar-refractivity contribution in [3.63, 3.8) is 0 Å². The maximum Gasteiger partial charge on any atom is 0.273 e. The van der Waals surface area contributed by atoms with Crippen LogP contribution in [0.25, 0.3) is 6.08 Å². The summed E-state index contributed by atoms with van der Waals surface area (Å²) in [6.07, 6.45) is 4.82. The van der Waals surface area contributed by atoms with E-state index in [4.69, 9.17) is 13.7 Å². The number of hydrogen-bond acceptors (Lipinski definition) is 6. The minimum atomic E-state index is -3.64. The molecule has 2 atom stereocenters.